The van der Waals surface area contributed by atoms with Crippen molar-refractivity contribution >= 4 is 28.2 Å². The number of hydrogen-bond acceptors (Lipinski definition) is 6. The lowest BCUT2D eigenvalue weighted by Gasteiger charge is -2.13. The molecule has 2 N–H and O–H groups in total. The molecule has 4 rings (SSSR count). The van der Waals surface area contributed by atoms with E-state index in [1.165, 1.54) is 13.2 Å². The number of benzene rings is 3. The Morgan fingerprint density at radius 3 is 2.53 bits per heavy atom. The second-order valence-electron chi connectivity index (χ2n) is 8.73. The van der Waals surface area contributed by atoms with Crippen LogP contribution in [0.5, 0.6) is 5.75 Å². The number of methoxy groups -OCH3 is 1. The van der Waals surface area contributed by atoms with Gasteiger partial charge in [-0.2, -0.15) is 0 Å². The van der Waals surface area contributed by atoms with Gasteiger partial charge in [0.05, 0.1) is 18.3 Å². The molecule has 0 fully saturated rings. The van der Waals surface area contributed by atoms with Gasteiger partial charge in [-0.1, -0.05) is 42.5 Å². The molecule has 0 aliphatic carbocycles. The van der Waals surface area contributed by atoms with Crippen LogP contribution in [-0.4, -0.2) is 24.5 Å². The van der Waals surface area contributed by atoms with Crippen LogP contribution in [0.2, 0.25) is 0 Å². The maximum atomic E-state index is 15.0. The number of halogens is 1. The maximum Gasteiger partial charge on any atom is 0.267 e. The van der Waals surface area contributed by atoms with Crippen LogP contribution in [-0.2, 0) is 24.1 Å². The third-order valence-electron chi connectivity index (χ3n) is 6.30. The molecule has 0 aliphatic heterocycles. The van der Waals surface area contributed by atoms with E-state index in [-0.39, 0.29) is 17.4 Å². The van der Waals surface area contributed by atoms with Crippen molar-refractivity contribution in [2.45, 2.75) is 26.2 Å². The van der Waals surface area contributed by atoms with Gasteiger partial charge in [0.15, 0.2) is 5.69 Å². The van der Waals surface area contributed by atoms with Crippen LogP contribution in [0.15, 0.2) is 89.9 Å². The van der Waals surface area contributed by atoms with E-state index in [9.17, 15) is 14.1 Å². The van der Waals surface area contributed by atoms with Crippen molar-refractivity contribution in [3.05, 3.63) is 112 Å². The van der Waals surface area contributed by atoms with E-state index in [0.29, 0.717) is 47.6 Å². The zero-order valence-corrected chi connectivity index (χ0v) is 21.3. The summed E-state index contributed by atoms with van der Waals surface area (Å²) in [7, 11) is 1.48. The Morgan fingerprint density at radius 2 is 1.82 bits per heavy atom. The van der Waals surface area contributed by atoms with Crippen LogP contribution in [0, 0.1) is 10.7 Å². The lowest BCUT2D eigenvalue weighted by molar-refractivity contribution is -0.117. The summed E-state index contributed by atoms with van der Waals surface area (Å²) in [4.78, 5) is 28.0. The van der Waals surface area contributed by atoms with E-state index < -0.39 is 0 Å². The predicted octanol–water partition coefficient (Wildman–Crippen LogP) is 6.24. The molecule has 1 amide bonds. The molecule has 0 unspecified atom stereocenters. The van der Waals surface area contributed by atoms with Crippen LogP contribution in [0.25, 0.3) is 10.9 Å². The fourth-order valence-corrected chi connectivity index (χ4v) is 4.24. The molecule has 8 heteroatoms. The predicted molar refractivity (Wildman–Crippen MR) is 148 cm³/mol. The zero-order valence-electron chi connectivity index (χ0n) is 21.3. The molecule has 0 bridgehead atoms. The third kappa shape index (κ3) is 6.39. The molecule has 1 heterocycles. The summed E-state index contributed by atoms with van der Waals surface area (Å²) in [6.45, 7) is 2.25. The number of ether oxygens (including phenoxy) is 1. The van der Waals surface area contributed by atoms with E-state index in [0.717, 1.165) is 22.9 Å². The lowest BCUT2D eigenvalue weighted by atomic mass is 10.00. The van der Waals surface area contributed by atoms with Crippen LogP contribution < -0.4 is 15.4 Å². The smallest absolute Gasteiger partial charge is 0.267 e. The van der Waals surface area contributed by atoms with Crippen LogP contribution in [0.3, 0.4) is 0 Å². The number of anilines is 1. The van der Waals surface area contributed by atoms with Crippen molar-refractivity contribution in [3.8, 4) is 5.75 Å². The first kappa shape index (κ1) is 26.5. The van der Waals surface area contributed by atoms with Crippen molar-refractivity contribution in [1.82, 2.24) is 10.3 Å². The van der Waals surface area contributed by atoms with Crippen LogP contribution in [0.4, 0.5) is 15.8 Å². The average Bonchev–Trinajstić information content (AvgIpc) is 2.95. The van der Waals surface area contributed by atoms with E-state index in [1.54, 1.807) is 43.5 Å². The summed E-state index contributed by atoms with van der Waals surface area (Å²) >= 11 is 0. The fraction of sp³-hybridized carbons (Fsp3) is 0.200. The van der Waals surface area contributed by atoms with Gasteiger partial charge in [-0.15, -0.1) is 4.91 Å². The van der Waals surface area contributed by atoms with Gasteiger partial charge in [-0.25, -0.2) is 4.39 Å². The highest BCUT2D eigenvalue weighted by atomic mass is 19.1. The topological polar surface area (TPSA) is 92.7 Å². The summed E-state index contributed by atoms with van der Waals surface area (Å²) in [5.74, 6) is -0.244. The van der Waals surface area contributed by atoms with Gasteiger partial charge in [0.2, 0.25) is 0 Å². The molecule has 0 spiro atoms. The number of carbonyl (C=O) groups excluding carboxylic acids is 1. The minimum absolute atomic E-state index is 0.184. The molecule has 194 valence electrons. The van der Waals surface area contributed by atoms with Gasteiger partial charge < -0.3 is 15.4 Å². The number of fused-ring (bicyclic) bond motifs is 1. The number of amides is 1. The minimum atomic E-state index is -0.363. The third-order valence-corrected chi connectivity index (χ3v) is 6.30. The van der Waals surface area contributed by atoms with Gasteiger partial charge >= 0.3 is 0 Å². The molecule has 0 radical (unpaired) electrons. The van der Waals surface area contributed by atoms with Crippen molar-refractivity contribution in [3.63, 3.8) is 0 Å². The van der Waals surface area contributed by atoms with E-state index in [1.807, 2.05) is 36.4 Å². The van der Waals surface area contributed by atoms with Gasteiger partial charge in [-0.3, -0.25) is 9.78 Å². The number of nitrogens with one attached hydrogen (secondary N) is 2. The molecule has 4 aromatic rings. The SMILES string of the molecule is CC=C(Nc1ccc(CCc2ccnc3cc(N=O)c(OC)cc23)c(F)c1)C(=O)NCCc1ccccc1. The Morgan fingerprint density at radius 1 is 1.03 bits per heavy atom. The Hall–Kier alpha value is -4.59. The van der Waals surface area contributed by atoms with Crippen LogP contribution in [0.1, 0.15) is 23.6 Å². The van der Waals surface area contributed by atoms with Crippen LogP contribution >= 0.6 is 0 Å². The first-order chi connectivity index (χ1) is 18.5. The Balaban J connectivity index is 1.39. The first-order valence-electron chi connectivity index (χ1n) is 12.3. The van der Waals surface area contributed by atoms with E-state index in [2.05, 4.69) is 20.8 Å². The number of allylic oxidation sites excluding steroid dienone is 1. The molecule has 38 heavy (non-hydrogen) atoms. The summed E-state index contributed by atoms with van der Waals surface area (Å²) < 4.78 is 20.3. The Bertz CT molecular complexity index is 1470. The highest BCUT2D eigenvalue weighted by molar-refractivity contribution is 5.96. The summed E-state index contributed by atoms with van der Waals surface area (Å²) in [6, 6.07) is 20.0. The highest BCUT2D eigenvalue weighted by Gasteiger charge is 2.13. The summed E-state index contributed by atoms with van der Waals surface area (Å²) in [6.07, 6.45) is 5.06. The van der Waals surface area contributed by atoms with Gasteiger partial charge in [-0.05, 0) is 78.4 Å². The quantitative estimate of drug-likeness (QED) is 0.183. The number of nitrogens with zero attached hydrogens (tertiary/aromatic N) is 2. The summed E-state index contributed by atoms with van der Waals surface area (Å²) in [5.41, 5.74) is 4.30. The second-order valence-corrected chi connectivity index (χ2v) is 8.73. The molecule has 3 aromatic carbocycles. The zero-order chi connectivity index (χ0) is 26.9. The number of rotatable bonds is 11. The van der Waals surface area contributed by atoms with E-state index in [4.69, 9.17) is 4.74 Å². The first-order valence-corrected chi connectivity index (χ1v) is 12.3. The summed E-state index contributed by atoms with van der Waals surface area (Å²) in [5, 5.41) is 9.74. The fourth-order valence-electron chi connectivity index (χ4n) is 4.24. The van der Waals surface area contributed by atoms with Crippen molar-refractivity contribution in [2.75, 3.05) is 19.0 Å². The van der Waals surface area contributed by atoms with Gasteiger partial charge in [0, 0.05) is 23.8 Å². The minimum Gasteiger partial charge on any atom is -0.494 e. The van der Waals surface area contributed by atoms with Crippen molar-refractivity contribution < 1.29 is 13.9 Å². The molecule has 1 aromatic heterocycles. The number of aromatic nitrogens is 1. The normalized spacial score (nSPS) is 11.3. The molecular formula is C30H29FN4O3. The largest absolute Gasteiger partial charge is 0.494 e. The average molecular weight is 513 g/mol. The van der Waals surface area contributed by atoms with Gasteiger partial charge in [0.25, 0.3) is 5.91 Å². The molecule has 0 atom stereocenters. The Kier molecular flexibility index (Phi) is 8.77. The monoisotopic (exact) mass is 512 g/mol. The highest BCUT2D eigenvalue weighted by Crippen LogP contribution is 2.33. The van der Waals surface area contributed by atoms with Crippen molar-refractivity contribution in [2.24, 2.45) is 5.18 Å². The molecular weight excluding hydrogens is 483 g/mol. The van der Waals surface area contributed by atoms with E-state index >= 15 is 0 Å². The molecule has 0 saturated carbocycles. The lowest BCUT2D eigenvalue weighted by Crippen LogP contribution is -2.29. The number of hydrogen-bond donors (Lipinski definition) is 2. The molecule has 7 nitrogen and oxygen atoms in total. The Labute approximate surface area is 220 Å². The second kappa shape index (κ2) is 12.6. The van der Waals surface area contributed by atoms with Gasteiger partial charge in [0.1, 0.15) is 11.6 Å². The maximum absolute atomic E-state index is 15.0. The number of pyridine rings is 1. The number of nitroso groups, excluding NO2 is 1. The van der Waals surface area contributed by atoms with Crippen molar-refractivity contribution in [1.29, 1.82) is 0 Å². The number of carbonyl (C=O) groups is 1. The number of aryl methyl sites for hydroxylation is 2. The standard InChI is InChI=1S/C30H29FN4O3/c1-3-26(30(36)33-15-13-20-7-5-4-6-8-20)34-23-12-11-22(25(31)17-23)10-9-21-14-16-32-27-19-28(35-37)29(38-2)18-24(21)27/h3-8,11-12,14,16-19,34H,9-10,13,15H2,1-2H3,(H,33,36). The molecule has 0 saturated heterocycles. The molecule has 0 aliphatic rings.